The molecule has 5 nitrogen and oxygen atoms in total. The van der Waals surface area contributed by atoms with E-state index in [4.69, 9.17) is 15.9 Å². The maximum Gasteiger partial charge on any atom is 0.266 e. The first-order valence-electron chi connectivity index (χ1n) is 5.22. The first-order chi connectivity index (χ1) is 7.99. The van der Waals surface area contributed by atoms with Gasteiger partial charge in [-0.3, -0.25) is 9.36 Å². The molecule has 0 bridgehead atoms. The molecule has 0 saturated heterocycles. The Morgan fingerprint density at radius 3 is 2.82 bits per heavy atom. The Hall–Kier alpha value is -1.14. The average molecular weight is 302 g/mol. The van der Waals surface area contributed by atoms with E-state index >= 15 is 0 Å². The van der Waals surface area contributed by atoms with E-state index < -0.39 is 0 Å². The first kappa shape index (κ1) is 13.9. The number of pyridine rings is 1. The zero-order valence-electron chi connectivity index (χ0n) is 9.92. The molecular weight excluding hydrogens is 286 g/mol. The van der Waals surface area contributed by atoms with Crippen LogP contribution in [0.5, 0.6) is 0 Å². The predicted octanol–water partition coefficient (Wildman–Crippen LogP) is 1.62. The van der Waals surface area contributed by atoms with Gasteiger partial charge in [-0.15, -0.1) is 0 Å². The molecule has 0 aliphatic carbocycles. The quantitative estimate of drug-likeness (QED) is 0.640. The third kappa shape index (κ3) is 3.17. The van der Waals surface area contributed by atoms with Crippen molar-refractivity contribution in [1.29, 1.82) is 5.41 Å². The normalized spacial score (nSPS) is 10.5. The molecule has 1 heterocycles. The minimum Gasteiger partial charge on any atom is -0.385 e. The van der Waals surface area contributed by atoms with Crippen LogP contribution in [-0.4, -0.2) is 24.0 Å². The number of nitrogens with two attached hydrogens (primary N) is 1. The second-order valence-electron chi connectivity index (χ2n) is 3.72. The van der Waals surface area contributed by atoms with Gasteiger partial charge in [0.05, 0.1) is 4.47 Å². The third-order valence-corrected chi connectivity index (χ3v) is 2.99. The summed E-state index contributed by atoms with van der Waals surface area (Å²) in [5.41, 5.74) is 6.63. The lowest BCUT2D eigenvalue weighted by Gasteiger charge is -2.13. The van der Waals surface area contributed by atoms with Crippen LogP contribution >= 0.6 is 15.9 Å². The lowest BCUT2D eigenvalue weighted by Crippen LogP contribution is -2.26. The second-order valence-corrected chi connectivity index (χ2v) is 4.57. The summed E-state index contributed by atoms with van der Waals surface area (Å²) in [5, 5.41) is 7.61. The monoisotopic (exact) mass is 301 g/mol. The summed E-state index contributed by atoms with van der Waals surface area (Å²) in [4.78, 5) is 11.9. The SMILES string of the molecule is COCCCn1c(N)c(C(C)=N)cc(Br)c1=O. The van der Waals surface area contributed by atoms with Gasteiger partial charge < -0.3 is 15.9 Å². The number of ether oxygens (including phenoxy) is 1. The Morgan fingerprint density at radius 2 is 2.29 bits per heavy atom. The second kappa shape index (κ2) is 5.97. The first-order valence-corrected chi connectivity index (χ1v) is 6.01. The molecule has 1 aromatic rings. The number of nitrogens with one attached hydrogen (secondary N) is 1. The molecule has 17 heavy (non-hydrogen) atoms. The van der Waals surface area contributed by atoms with Crippen molar-refractivity contribution in [2.45, 2.75) is 19.9 Å². The lowest BCUT2D eigenvalue weighted by atomic mass is 10.1. The Kier molecular flexibility index (Phi) is 4.89. The fourth-order valence-corrected chi connectivity index (χ4v) is 1.98. The minimum absolute atomic E-state index is 0.177. The van der Waals surface area contributed by atoms with Crippen LogP contribution in [0.25, 0.3) is 0 Å². The number of nitrogens with zero attached hydrogens (tertiary/aromatic N) is 1. The number of hydrogen-bond acceptors (Lipinski definition) is 4. The van der Waals surface area contributed by atoms with Crippen molar-refractivity contribution in [3.8, 4) is 0 Å². The summed E-state index contributed by atoms with van der Waals surface area (Å²) in [7, 11) is 1.61. The molecule has 94 valence electrons. The van der Waals surface area contributed by atoms with E-state index in [9.17, 15) is 4.79 Å². The predicted molar refractivity (Wildman–Crippen MR) is 71.8 cm³/mol. The van der Waals surface area contributed by atoms with E-state index in [1.807, 2.05) is 0 Å². The lowest BCUT2D eigenvalue weighted by molar-refractivity contribution is 0.190. The molecule has 0 amide bonds. The van der Waals surface area contributed by atoms with Gasteiger partial charge in [-0.05, 0) is 35.3 Å². The molecule has 0 aliphatic rings. The number of aromatic nitrogens is 1. The highest BCUT2D eigenvalue weighted by atomic mass is 79.9. The molecule has 6 heteroatoms. The molecule has 0 unspecified atom stereocenters. The Bertz CT molecular complexity index is 482. The summed E-state index contributed by atoms with van der Waals surface area (Å²) < 4.78 is 6.83. The van der Waals surface area contributed by atoms with Gasteiger partial charge >= 0.3 is 0 Å². The molecule has 0 saturated carbocycles. The number of hydrogen-bond donors (Lipinski definition) is 2. The Morgan fingerprint density at radius 1 is 1.65 bits per heavy atom. The van der Waals surface area contributed by atoms with Crippen LogP contribution in [0, 0.1) is 5.41 Å². The molecule has 0 aliphatic heterocycles. The van der Waals surface area contributed by atoms with Crippen LogP contribution in [0.1, 0.15) is 18.9 Å². The summed E-state index contributed by atoms with van der Waals surface area (Å²) in [6.07, 6.45) is 0.702. The Labute approximate surface area is 108 Å². The van der Waals surface area contributed by atoms with E-state index in [0.717, 1.165) is 0 Å². The van der Waals surface area contributed by atoms with Crippen molar-refractivity contribution in [2.24, 2.45) is 0 Å². The van der Waals surface area contributed by atoms with E-state index in [1.165, 1.54) is 4.57 Å². The molecule has 0 atom stereocenters. The number of rotatable bonds is 5. The highest BCUT2D eigenvalue weighted by Crippen LogP contribution is 2.15. The third-order valence-electron chi connectivity index (χ3n) is 2.42. The highest BCUT2D eigenvalue weighted by molar-refractivity contribution is 9.10. The summed E-state index contributed by atoms with van der Waals surface area (Å²) >= 11 is 3.19. The van der Waals surface area contributed by atoms with Gasteiger partial charge in [0.1, 0.15) is 5.82 Å². The van der Waals surface area contributed by atoms with Crippen molar-refractivity contribution >= 4 is 27.5 Å². The maximum absolute atomic E-state index is 11.9. The average Bonchev–Trinajstić information content (AvgIpc) is 2.28. The molecule has 0 spiro atoms. The van der Waals surface area contributed by atoms with Crippen LogP contribution < -0.4 is 11.3 Å². The smallest absolute Gasteiger partial charge is 0.266 e. The van der Waals surface area contributed by atoms with Gasteiger partial charge in [0.2, 0.25) is 0 Å². The van der Waals surface area contributed by atoms with E-state index in [2.05, 4.69) is 15.9 Å². The maximum atomic E-state index is 11.9. The topological polar surface area (TPSA) is 81.1 Å². The van der Waals surface area contributed by atoms with Crippen molar-refractivity contribution in [3.05, 3.63) is 26.5 Å². The molecular formula is C11H16BrN3O2. The minimum atomic E-state index is -0.177. The van der Waals surface area contributed by atoms with Crippen LogP contribution in [0.4, 0.5) is 5.82 Å². The van der Waals surface area contributed by atoms with E-state index in [0.29, 0.717) is 41.1 Å². The van der Waals surface area contributed by atoms with Crippen molar-refractivity contribution in [2.75, 3.05) is 19.5 Å². The van der Waals surface area contributed by atoms with E-state index in [-0.39, 0.29) is 5.56 Å². The van der Waals surface area contributed by atoms with Crippen LogP contribution in [0.15, 0.2) is 15.3 Å². The summed E-state index contributed by atoms with van der Waals surface area (Å²) in [6, 6.07) is 1.59. The van der Waals surface area contributed by atoms with Crippen LogP contribution in [-0.2, 0) is 11.3 Å². The molecule has 1 aromatic heterocycles. The largest absolute Gasteiger partial charge is 0.385 e. The summed E-state index contributed by atoms with van der Waals surface area (Å²) in [6.45, 7) is 2.69. The Balaban J connectivity index is 3.18. The van der Waals surface area contributed by atoms with Crippen molar-refractivity contribution in [1.82, 2.24) is 4.57 Å². The van der Waals surface area contributed by atoms with Crippen LogP contribution in [0.2, 0.25) is 0 Å². The number of anilines is 1. The van der Waals surface area contributed by atoms with Crippen LogP contribution in [0.3, 0.4) is 0 Å². The zero-order valence-corrected chi connectivity index (χ0v) is 11.5. The number of methoxy groups -OCH3 is 1. The standard InChI is InChI=1S/C11H16BrN3O2/c1-7(13)8-6-9(12)11(16)15(10(8)14)4-3-5-17-2/h6,13H,3-5,14H2,1-2H3. The van der Waals surface area contributed by atoms with Crippen molar-refractivity contribution in [3.63, 3.8) is 0 Å². The molecule has 0 radical (unpaired) electrons. The zero-order chi connectivity index (χ0) is 13.0. The molecule has 0 fully saturated rings. The van der Waals surface area contributed by atoms with Gasteiger partial charge in [-0.2, -0.15) is 0 Å². The fourth-order valence-electron chi connectivity index (χ4n) is 1.54. The van der Waals surface area contributed by atoms with Gasteiger partial charge in [0.25, 0.3) is 5.56 Å². The fraction of sp³-hybridized carbons (Fsp3) is 0.455. The number of halogens is 1. The molecule has 3 N–H and O–H groups in total. The van der Waals surface area contributed by atoms with Gasteiger partial charge in [0, 0.05) is 31.5 Å². The molecule has 1 rings (SSSR count). The van der Waals surface area contributed by atoms with Gasteiger partial charge in [0.15, 0.2) is 0 Å². The van der Waals surface area contributed by atoms with E-state index in [1.54, 1.807) is 20.1 Å². The number of nitrogen functional groups attached to an aromatic ring is 1. The van der Waals surface area contributed by atoms with Gasteiger partial charge in [-0.1, -0.05) is 0 Å². The highest BCUT2D eigenvalue weighted by Gasteiger charge is 2.12. The van der Waals surface area contributed by atoms with Crippen molar-refractivity contribution < 1.29 is 4.74 Å². The molecule has 0 aromatic carbocycles. The van der Waals surface area contributed by atoms with Gasteiger partial charge in [-0.25, -0.2) is 0 Å². The summed E-state index contributed by atoms with van der Waals surface area (Å²) in [5.74, 6) is 0.335.